The Kier molecular flexibility index (Phi) is 4.83. The van der Waals surface area contributed by atoms with Crippen molar-refractivity contribution in [2.24, 2.45) is 0 Å². The molecule has 0 saturated carbocycles. The van der Waals surface area contributed by atoms with Crippen molar-refractivity contribution >= 4 is 50.4 Å². The lowest BCUT2D eigenvalue weighted by Crippen LogP contribution is -2.41. The molecule has 0 fully saturated rings. The summed E-state index contributed by atoms with van der Waals surface area (Å²) in [5.41, 5.74) is 5.39. The fourth-order valence-electron chi connectivity index (χ4n) is 1.93. The second kappa shape index (κ2) is 6.88. The van der Waals surface area contributed by atoms with Gasteiger partial charge in [-0.05, 0) is 54.0 Å². The van der Waals surface area contributed by atoms with Crippen molar-refractivity contribution in [2.45, 2.75) is 13.8 Å². The first kappa shape index (κ1) is 16.9. The molecule has 2 amide bonds. The maximum absolute atomic E-state index is 12.3. The van der Waals surface area contributed by atoms with E-state index in [1.165, 1.54) is 22.7 Å². The summed E-state index contributed by atoms with van der Waals surface area (Å²) in [7, 11) is 0. The van der Waals surface area contributed by atoms with Crippen molar-refractivity contribution < 1.29 is 14.0 Å². The number of halogens is 1. The Balaban J connectivity index is 1.69. The zero-order chi connectivity index (χ0) is 17.3. The number of amides is 2. The summed E-state index contributed by atoms with van der Waals surface area (Å²) in [6, 6.07) is 7.09. The molecule has 0 aliphatic rings. The fraction of sp³-hybridized carbons (Fsp3) is 0.133. The molecule has 0 spiro atoms. The quantitative estimate of drug-likeness (QED) is 0.622. The number of aromatic nitrogens is 1. The van der Waals surface area contributed by atoms with Gasteiger partial charge in [-0.15, -0.1) is 22.7 Å². The van der Waals surface area contributed by atoms with E-state index >= 15 is 0 Å². The van der Waals surface area contributed by atoms with Crippen LogP contribution in [0.1, 0.15) is 30.8 Å². The summed E-state index contributed by atoms with van der Waals surface area (Å²) in [6.45, 7) is 3.58. The molecule has 0 bridgehead atoms. The normalized spacial score (nSPS) is 10.6. The molecule has 0 unspecified atom stereocenters. The standard InChI is InChI=1S/C15H12BrN3O3S2/c1-7-3-4-9(22-7)15-17-8(2)12(24-15)14(21)19-18-13(20)10-5-6-11(16)23-10/h3-6H,1-2H3,(H,18,20)(H,19,21). The summed E-state index contributed by atoms with van der Waals surface area (Å²) in [5, 5.41) is 0.624. The molecule has 124 valence electrons. The molecule has 24 heavy (non-hydrogen) atoms. The second-order valence-corrected chi connectivity index (χ2v) is 8.32. The van der Waals surface area contributed by atoms with Crippen molar-refractivity contribution in [3.05, 3.63) is 49.3 Å². The highest BCUT2D eigenvalue weighted by molar-refractivity contribution is 9.11. The lowest BCUT2D eigenvalue weighted by Gasteiger charge is -2.04. The zero-order valence-electron chi connectivity index (χ0n) is 12.7. The molecule has 0 aliphatic heterocycles. The van der Waals surface area contributed by atoms with E-state index in [0.29, 0.717) is 26.2 Å². The van der Waals surface area contributed by atoms with Gasteiger partial charge < -0.3 is 4.42 Å². The third-order valence-corrected chi connectivity index (χ3v) is 5.83. The summed E-state index contributed by atoms with van der Waals surface area (Å²) in [6.07, 6.45) is 0. The van der Waals surface area contributed by atoms with Crippen LogP contribution in [0.25, 0.3) is 10.8 Å². The molecule has 0 aliphatic carbocycles. The minimum atomic E-state index is -0.413. The van der Waals surface area contributed by atoms with Crippen molar-refractivity contribution in [1.82, 2.24) is 15.8 Å². The van der Waals surface area contributed by atoms with E-state index < -0.39 is 5.91 Å². The number of thiophene rings is 1. The molecule has 9 heteroatoms. The van der Waals surface area contributed by atoms with Crippen LogP contribution in [0.15, 0.2) is 32.5 Å². The Labute approximate surface area is 154 Å². The van der Waals surface area contributed by atoms with Crippen LogP contribution in [0.4, 0.5) is 0 Å². The fourth-order valence-corrected chi connectivity index (χ4v) is 4.13. The molecule has 3 aromatic rings. The summed E-state index contributed by atoms with van der Waals surface area (Å²) < 4.78 is 6.36. The number of hydrogen-bond donors (Lipinski definition) is 2. The second-order valence-electron chi connectivity index (χ2n) is 4.86. The highest BCUT2D eigenvalue weighted by atomic mass is 79.9. The molecule has 0 aromatic carbocycles. The average molecular weight is 426 g/mol. The maximum atomic E-state index is 12.3. The van der Waals surface area contributed by atoms with Gasteiger partial charge in [-0.1, -0.05) is 0 Å². The Bertz CT molecular complexity index is 913. The maximum Gasteiger partial charge on any atom is 0.281 e. The number of carbonyl (C=O) groups is 2. The SMILES string of the molecule is Cc1ccc(-c2nc(C)c(C(=O)NNC(=O)c3ccc(Br)s3)s2)o1. The molecule has 3 rings (SSSR count). The molecular formula is C15H12BrN3O3S2. The average Bonchev–Trinajstić information content (AvgIpc) is 3.24. The predicted octanol–water partition coefficient (Wildman–Crippen LogP) is 3.92. The van der Waals surface area contributed by atoms with Crippen LogP contribution in [0.2, 0.25) is 0 Å². The number of hydrogen-bond acceptors (Lipinski definition) is 6. The van der Waals surface area contributed by atoms with Gasteiger partial charge in [-0.3, -0.25) is 20.4 Å². The third-order valence-electron chi connectivity index (χ3n) is 3.04. The minimum Gasteiger partial charge on any atom is -0.459 e. The van der Waals surface area contributed by atoms with Gasteiger partial charge in [0, 0.05) is 0 Å². The van der Waals surface area contributed by atoms with E-state index in [1.807, 2.05) is 19.1 Å². The topological polar surface area (TPSA) is 84.2 Å². The van der Waals surface area contributed by atoms with Gasteiger partial charge in [0.1, 0.15) is 10.6 Å². The monoisotopic (exact) mass is 425 g/mol. The Morgan fingerprint density at radius 2 is 1.83 bits per heavy atom. The molecule has 2 N–H and O–H groups in total. The number of aryl methyl sites for hydroxylation is 2. The zero-order valence-corrected chi connectivity index (χ0v) is 15.9. The third kappa shape index (κ3) is 3.58. The Hall–Kier alpha value is -1.97. The highest BCUT2D eigenvalue weighted by Gasteiger charge is 2.18. The van der Waals surface area contributed by atoms with Crippen molar-refractivity contribution in [2.75, 3.05) is 0 Å². The van der Waals surface area contributed by atoms with E-state index in [1.54, 1.807) is 19.1 Å². The van der Waals surface area contributed by atoms with Gasteiger partial charge in [-0.25, -0.2) is 4.98 Å². The van der Waals surface area contributed by atoms with Crippen LogP contribution >= 0.6 is 38.6 Å². The number of rotatable bonds is 3. The smallest absolute Gasteiger partial charge is 0.281 e. The number of carbonyl (C=O) groups excluding carboxylic acids is 2. The Morgan fingerprint density at radius 1 is 1.08 bits per heavy atom. The molecule has 6 nitrogen and oxygen atoms in total. The number of thiazole rings is 1. The first-order valence-electron chi connectivity index (χ1n) is 6.84. The van der Waals surface area contributed by atoms with E-state index in [9.17, 15) is 9.59 Å². The van der Waals surface area contributed by atoms with Gasteiger partial charge >= 0.3 is 0 Å². The first-order chi connectivity index (χ1) is 11.4. The van der Waals surface area contributed by atoms with E-state index in [4.69, 9.17) is 4.42 Å². The number of furan rings is 1. The lowest BCUT2D eigenvalue weighted by molar-refractivity contribution is 0.0850. The van der Waals surface area contributed by atoms with Crippen molar-refractivity contribution in [3.8, 4) is 10.8 Å². The van der Waals surface area contributed by atoms with Crippen LogP contribution in [0.5, 0.6) is 0 Å². The van der Waals surface area contributed by atoms with Crippen molar-refractivity contribution in [3.63, 3.8) is 0 Å². The molecule has 0 saturated heterocycles. The Morgan fingerprint density at radius 3 is 2.46 bits per heavy atom. The highest BCUT2D eigenvalue weighted by Crippen LogP contribution is 2.29. The van der Waals surface area contributed by atoms with Gasteiger partial charge in [0.25, 0.3) is 11.8 Å². The molecule has 0 atom stereocenters. The van der Waals surface area contributed by atoms with Crippen molar-refractivity contribution in [1.29, 1.82) is 0 Å². The number of nitrogens with one attached hydrogen (secondary N) is 2. The largest absolute Gasteiger partial charge is 0.459 e. The van der Waals surface area contributed by atoms with Crippen LogP contribution in [-0.4, -0.2) is 16.8 Å². The molecule has 0 radical (unpaired) electrons. The van der Waals surface area contributed by atoms with Crippen LogP contribution in [-0.2, 0) is 0 Å². The number of hydrazine groups is 1. The van der Waals surface area contributed by atoms with E-state index in [0.717, 1.165) is 9.55 Å². The van der Waals surface area contributed by atoms with E-state index in [2.05, 4.69) is 31.8 Å². The summed E-state index contributed by atoms with van der Waals surface area (Å²) >= 11 is 5.78. The number of nitrogens with zero attached hydrogens (tertiary/aromatic N) is 1. The molecule has 3 heterocycles. The van der Waals surface area contributed by atoms with Gasteiger partial charge in [0.2, 0.25) is 0 Å². The predicted molar refractivity (Wildman–Crippen MR) is 96.2 cm³/mol. The minimum absolute atomic E-state index is 0.372. The van der Waals surface area contributed by atoms with Crippen LogP contribution in [0.3, 0.4) is 0 Å². The van der Waals surface area contributed by atoms with E-state index in [-0.39, 0.29) is 5.91 Å². The molecule has 3 aromatic heterocycles. The first-order valence-corrected chi connectivity index (χ1v) is 9.27. The summed E-state index contributed by atoms with van der Waals surface area (Å²) in [5.74, 6) is 0.608. The van der Waals surface area contributed by atoms with Crippen LogP contribution in [0, 0.1) is 13.8 Å². The van der Waals surface area contributed by atoms with Gasteiger partial charge in [0.15, 0.2) is 10.8 Å². The van der Waals surface area contributed by atoms with Crippen LogP contribution < -0.4 is 10.9 Å². The lowest BCUT2D eigenvalue weighted by atomic mass is 10.4. The summed E-state index contributed by atoms with van der Waals surface area (Å²) in [4.78, 5) is 29.5. The molecular weight excluding hydrogens is 414 g/mol. The van der Waals surface area contributed by atoms with Gasteiger partial charge in [-0.2, -0.15) is 0 Å². The van der Waals surface area contributed by atoms with Gasteiger partial charge in [0.05, 0.1) is 14.4 Å².